The molecule has 0 aliphatic carbocycles. The summed E-state index contributed by atoms with van der Waals surface area (Å²) >= 11 is 0. The summed E-state index contributed by atoms with van der Waals surface area (Å²) in [4.78, 5) is 0. The number of hydrogen-bond acceptors (Lipinski definition) is 8. The van der Waals surface area contributed by atoms with Crippen molar-refractivity contribution in [3.63, 3.8) is 0 Å². The maximum Gasteiger partial charge on any atom is 0.159 e. The van der Waals surface area contributed by atoms with E-state index in [9.17, 15) is 40.9 Å². The van der Waals surface area contributed by atoms with Gasteiger partial charge in [0.25, 0.3) is 0 Å². The van der Waals surface area contributed by atoms with E-state index in [0.29, 0.717) is 0 Å². The molecule has 0 saturated carbocycles. The van der Waals surface area contributed by atoms with Crippen LogP contribution in [0.25, 0.3) is 0 Å². The first-order valence-corrected chi connectivity index (χ1v) is 17.7. The SMILES string of the molecule is OC[PH+](CO)c1ccccc1[PH+](CO)CO.OC[PH+](CO)c1ccccc1[PH+](CO)CO.[I-].[O-2].[O-2].[Re]. The molecular weight excluding hydrogens is 837 g/mol. The smallest absolute Gasteiger partial charge is 0.159 e. The Kier molecular flexibility index (Phi) is 32.4. The summed E-state index contributed by atoms with van der Waals surface area (Å²) in [5.41, 5.74) is 0. The van der Waals surface area contributed by atoms with E-state index in [1.54, 1.807) is 0 Å². The molecule has 0 amide bonds. The van der Waals surface area contributed by atoms with Crippen molar-refractivity contribution < 1.29 is 96.2 Å². The minimum atomic E-state index is -1.38. The molecule has 0 aliphatic heterocycles. The summed E-state index contributed by atoms with van der Waals surface area (Å²) in [5, 5.41) is 77.3. The van der Waals surface area contributed by atoms with E-state index in [1.165, 1.54) is 0 Å². The molecule has 0 atom stereocenters. The Balaban J connectivity index is -0.000000256. The second-order valence-corrected chi connectivity index (χ2v) is 16.3. The molecule has 0 heterocycles. The van der Waals surface area contributed by atoms with Gasteiger partial charge >= 0.3 is 0 Å². The van der Waals surface area contributed by atoms with Crippen LogP contribution >= 0.6 is 31.7 Å². The Morgan fingerprint density at radius 1 is 0.389 bits per heavy atom. The van der Waals surface area contributed by atoms with Crippen LogP contribution in [0.15, 0.2) is 48.5 Å². The zero-order valence-corrected chi connectivity index (χ0v) is 28.3. The average Bonchev–Trinajstić information content (AvgIpc) is 2.84. The maximum atomic E-state index is 9.20. The zero-order valence-electron chi connectivity index (χ0n) is 19.4. The van der Waals surface area contributed by atoms with E-state index >= 15 is 0 Å². The molecule has 0 bridgehead atoms. The van der Waals surface area contributed by atoms with Gasteiger partial charge in [-0.05, 0) is 24.3 Å². The first-order chi connectivity index (χ1) is 15.6. The minimum Gasteiger partial charge on any atom is -2.00 e. The molecule has 10 nitrogen and oxygen atoms in total. The summed E-state index contributed by atoms with van der Waals surface area (Å²) in [6, 6.07) is 14.9. The predicted molar refractivity (Wildman–Crippen MR) is 143 cm³/mol. The van der Waals surface area contributed by atoms with E-state index in [4.69, 9.17) is 0 Å². The molecule has 0 aromatic heterocycles. The maximum absolute atomic E-state index is 9.20. The van der Waals surface area contributed by atoms with Gasteiger partial charge in [-0.2, -0.15) is 0 Å². The molecule has 1 radical (unpaired) electrons. The Morgan fingerprint density at radius 2 is 0.528 bits per heavy atom. The number of benzene rings is 2. The van der Waals surface area contributed by atoms with E-state index in [2.05, 4.69) is 0 Å². The molecule has 0 saturated heterocycles. The average molecular weight is 874 g/mol. The molecule has 211 valence electrons. The molecule has 0 fully saturated rings. The second-order valence-electron chi connectivity index (χ2n) is 6.77. The van der Waals surface area contributed by atoms with Crippen LogP contribution < -0.4 is 45.2 Å². The van der Waals surface area contributed by atoms with Crippen LogP contribution in [-0.2, 0) is 31.4 Å². The molecule has 0 unspecified atom stereocenters. The van der Waals surface area contributed by atoms with Crippen molar-refractivity contribution >= 4 is 52.9 Å². The number of aliphatic hydroxyl groups excluding tert-OH is 8. The van der Waals surface area contributed by atoms with E-state index < -0.39 is 31.7 Å². The van der Waals surface area contributed by atoms with Crippen LogP contribution in [0.2, 0.25) is 0 Å². The number of aliphatic hydroxyl groups is 8. The van der Waals surface area contributed by atoms with Crippen LogP contribution in [0, 0.1) is 0 Å². The van der Waals surface area contributed by atoms with Gasteiger partial charge < -0.3 is 75.8 Å². The predicted octanol–water partition coefficient (Wildman–Crippen LogP) is -4.91. The van der Waals surface area contributed by atoms with Gasteiger partial charge in [0, 0.05) is 20.4 Å². The molecule has 36 heavy (non-hydrogen) atoms. The first kappa shape index (κ1) is 44.2. The Bertz CT molecular complexity index is 645. The van der Waals surface area contributed by atoms with E-state index in [0.717, 1.165) is 21.2 Å². The van der Waals surface area contributed by atoms with Crippen LogP contribution in [0.3, 0.4) is 0 Å². The number of halogens is 1. The van der Waals surface area contributed by atoms with E-state index in [-0.39, 0.29) is 106 Å². The number of hydrogen-bond donors (Lipinski definition) is 8. The third-order valence-corrected chi connectivity index (χ3v) is 13.2. The largest absolute Gasteiger partial charge is 2.00 e. The van der Waals surface area contributed by atoms with Crippen LogP contribution in [0.1, 0.15) is 0 Å². The van der Waals surface area contributed by atoms with Gasteiger partial charge in [-0.1, -0.05) is 24.3 Å². The third kappa shape index (κ3) is 13.5. The van der Waals surface area contributed by atoms with Crippen molar-refractivity contribution in [1.82, 2.24) is 0 Å². The molecular formula is C20H36IO10P4Re-. The van der Waals surface area contributed by atoms with Gasteiger partial charge in [-0.25, -0.2) is 0 Å². The van der Waals surface area contributed by atoms with Crippen LogP contribution in [0.5, 0.6) is 0 Å². The van der Waals surface area contributed by atoms with Gasteiger partial charge in [0.15, 0.2) is 50.8 Å². The van der Waals surface area contributed by atoms with Gasteiger partial charge in [0.2, 0.25) is 0 Å². The first-order valence-electron chi connectivity index (χ1n) is 10.0. The van der Waals surface area contributed by atoms with Crippen LogP contribution in [0.4, 0.5) is 0 Å². The second kappa shape index (κ2) is 26.4. The van der Waals surface area contributed by atoms with Crippen molar-refractivity contribution in [2.45, 2.75) is 0 Å². The van der Waals surface area contributed by atoms with Crippen molar-refractivity contribution in [2.75, 3.05) is 50.8 Å². The quantitative estimate of drug-likeness (QED) is 0.0763. The van der Waals surface area contributed by atoms with Gasteiger partial charge in [0.1, 0.15) is 21.2 Å². The Labute approximate surface area is 247 Å². The van der Waals surface area contributed by atoms with Crippen molar-refractivity contribution in [3.8, 4) is 0 Å². The fraction of sp³-hybridized carbons (Fsp3) is 0.400. The van der Waals surface area contributed by atoms with Crippen molar-refractivity contribution in [2.24, 2.45) is 0 Å². The topological polar surface area (TPSA) is 219 Å². The molecule has 2 rings (SSSR count). The standard InChI is InChI=1S/2C10H16O4P2.HI.2O.Re/c2*11-5-15(6-12)9-3-1-2-4-10(9)16(7-13)8-14;;;;/h2*1-4,11-14H,5-8H2;1H;;;/q;;;2*-2;/p+3. The zero-order chi connectivity index (χ0) is 23.9. The van der Waals surface area contributed by atoms with Gasteiger partial charge in [-0.3, -0.25) is 0 Å². The normalized spacial score (nSPS) is 10.1. The number of rotatable bonds is 12. The Hall–Kier alpha value is 1.15. The summed E-state index contributed by atoms with van der Waals surface area (Å²) in [7, 11) is -5.52. The summed E-state index contributed by atoms with van der Waals surface area (Å²) in [6.07, 6.45) is -0.300. The molecule has 16 heteroatoms. The Morgan fingerprint density at radius 3 is 0.639 bits per heavy atom. The van der Waals surface area contributed by atoms with Crippen molar-refractivity contribution in [1.29, 1.82) is 0 Å². The minimum absolute atomic E-state index is 0. The summed E-state index contributed by atoms with van der Waals surface area (Å²) in [5.74, 6) is 0. The molecule has 8 N–H and O–H groups in total. The fourth-order valence-electron chi connectivity index (χ4n) is 3.08. The molecule has 0 aliphatic rings. The summed E-state index contributed by atoms with van der Waals surface area (Å²) in [6.45, 7) is 0. The molecule has 2 aromatic carbocycles. The molecule has 0 spiro atoms. The van der Waals surface area contributed by atoms with Gasteiger partial charge in [0.05, 0.1) is 31.7 Å². The van der Waals surface area contributed by atoms with E-state index in [1.807, 2.05) is 48.5 Å². The fourth-order valence-corrected chi connectivity index (χ4v) is 10.1. The van der Waals surface area contributed by atoms with Crippen LogP contribution in [-0.4, -0.2) is 91.6 Å². The van der Waals surface area contributed by atoms with Gasteiger partial charge in [-0.15, -0.1) is 0 Å². The third-order valence-electron chi connectivity index (χ3n) is 4.90. The monoisotopic (exact) mass is 874 g/mol. The van der Waals surface area contributed by atoms with Crippen molar-refractivity contribution in [3.05, 3.63) is 48.5 Å². The summed E-state index contributed by atoms with van der Waals surface area (Å²) < 4.78 is 0. The molecule has 2 aromatic rings.